The van der Waals surface area contributed by atoms with E-state index >= 15 is 0 Å². The topological polar surface area (TPSA) is 9.23 Å². The Hall–Kier alpha value is -1.98. The second-order valence-corrected chi connectivity index (χ2v) is 9.56. The van der Waals surface area contributed by atoms with Crippen LogP contribution in [0.4, 0.5) is 0 Å². The van der Waals surface area contributed by atoms with Gasteiger partial charge in [0.25, 0.3) is 0 Å². The van der Waals surface area contributed by atoms with E-state index in [1.807, 2.05) is 11.3 Å². The SMILES string of the molecule is C#CC1=C(c2cccs2)[C@@]2(C)CC[C@@H]3c4ccc(OC)cc4CC[C@H]3[C@@H]2C1. The zero-order valence-corrected chi connectivity index (χ0v) is 16.9. The third-order valence-electron chi connectivity index (χ3n) is 7.56. The highest BCUT2D eigenvalue weighted by Crippen LogP contribution is 2.65. The zero-order chi connectivity index (χ0) is 18.6. The number of terminal acetylenes is 1. The molecule has 2 aromatic rings. The Morgan fingerprint density at radius 1 is 1.26 bits per heavy atom. The quantitative estimate of drug-likeness (QED) is 0.560. The van der Waals surface area contributed by atoms with E-state index in [-0.39, 0.29) is 5.41 Å². The van der Waals surface area contributed by atoms with E-state index < -0.39 is 0 Å². The average molecular weight is 375 g/mol. The second-order valence-electron chi connectivity index (χ2n) is 8.62. The van der Waals surface area contributed by atoms with Crippen LogP contribution in [0.25, 0.3) is 5.57 Å². The fraction of sp³-hybridized carbons (Fsp3) is 0.440. The molecule has 5 rings (SSSR count). The van der Waals surface area contributed by atoms with Crippen molar-refractivity contribution in [2.45, 2.75) is 44.9 Å². The second kappa shape index (κ2) is 6.28. The Bertz CT molecular complexity index is 945. The summed E-state index contributed by atoms with van der Waals surface area (Å²) < 4.78 is 5.46. The molecular formula is C25H26OS. The maximum absolute atomic E-state index is 6.00. The Kier molecular flexibility index (Phi) is 3.99. The van der Waals surface area contributed by atoms with Gasteiger partial charge in [0.1, 0.15) is 5.75 Å². The lowest BCUT2D eigenvalue weighted by Crippen LogP contribution is -2.40. The molecule has 0 aliphatic heterocycles. The lowest BCUT2D eigenvalue weighted by atomic mass is 9.54. The normalized spacial score (nSPS) is 31.7. The summed E-state index contributed by atoms with van der Waals surface area (Å²) in [6, 6.07) is 11.2. The number of rotatable bonds is 2. The zero-order valence-electron chi connectivity index (χ0n) is 16.1. The van der Waals surface area contributed by atoms with Crippen LogP contribution in [0.15, 0.2) is 41.3 Å². The first-order chi connectivity index (χ1) is 13.2. The summed E-state index contributed by atoms with van der Waals surface area (Å²) in [4.78, 5) is 1.40. The number of ether oxygens (including phenoxy) is 1. The summed E-state index contributed by atoms with van der Waals surface area (Å²) >= 11 is 1.85. The van der Waals surface area contributed by atoms with Crippen LogP contribution in [-0.4, -0.2) is 7.11 Å². The monoisotopic (exact) mass is 374 g/mol. The van der Waals surface area contributed by atoms with Crippen LogP contribution >= 0.6 is 11.3 Å². The van der Waals surface area contributed by atoms with Crippen LogP contribution in [-0.2, 0) is 6.42 Å². The number of fused-ring (bicyclic) bond motifs is 5. The molecule has 27 heavy (non-hydrogen) atoms. The standard InChI is InChI=1S/C25H26OS/c1-4-16-15-22-21-9-7-17-14-18(26-3)8-10-19(17)20(21)11-12-25(22,2)24(16)23-6-5-13-27-23/h1,5-6,8,10,13-14,20-22H,7,9,11-12,15H2,2-3H3/t20-,21-,22+,25+/m1/s1. The minimum atomic E-state index is 0.234. The summed E-state index contributed by atoms with van der Waals surface area (Å²) in [5.74, 6) is 6.17. The van der Waals surface area contributed by atoms with Crippen molar-refractivity contribution >= 4 is 16.9 Å². The molecule has 1 fully saturated rings. The molecule has 1 aromatic heterocycles. The molecule has 2 heteroatoms. The van der Waals surface area contributed by atoms with Gasteiger partial charge in [0.15, 0.2) is 0 Å². The number of hydrogen-bond acceptors (Lipinski definition) is 2. The lowest BCUT2D eigenvalue weighted by molar-refractivity contribution is 0.0882. The van der Waals surface area contributed by atoms with E-state index in [2.05, 4.69) is 48.6 Å². The predicted molar refractivity (Wildman–Crippen MR) is 113 cm³/mol. The average Bonchev–Trinajstić information content (AvgIpc) is 3.31. The van der Waals surface area contributed by atoms with Gasteiger partial charge in [-0.2, -0.15) is 0 Å². The molecule has 0 saturated heterocycles. The van der Waals surface area contributed by atoms with Crippen LogP contribution in [0.2, 0.25) is 0 Å². The van der Waals surface area contributed by atoms with Crippen LogP contribution in [0.1, 0.15) is 54.5 Å². The number of thiophene rings is 1. The van der Waals surface area contributed by atoms with E-state index in [4.69, 9.17) is 11.2 Å². The molecule has 0 amide bonds. The highest BCUT2D eigenvalue weighted by atomic mass is 32.1. The summed E-state index contributed by atoms with van der Waals surface area (Å²) in [7, 11) is 1.76. The third-order valence-corrected chi connectivity index (χ3v) is 8.45. The Labute approximate surface area is 166 Å². The highest BCUT2D eigenvalue weighted by molar-refractivity contribution is 7.11. The van der Waals surface area contributed by atoms with Gasteiger partial charge in [-0.25, -0.2) is 0 Å². The largest absolute Gasteiger partial charge is 0.497 e. The van der Waals surface area contributed by atoms with Gasteiger partial charge in [-0.1, -0.05) is 25.0 Å². The molecule has 0 radical (unpaired) electrons. The maximum atomic E-state index is 6.00. The summed E-state index contributed by atoms with van der Waals surface area (Å²) in [5.41, 5.74) is 6.06. The molecule has 4 atom stereocenters. The molecule has 0 spiro atoms. The van der Waals surface area contributed by atoms with Gasteiger partial charge in [-0.15, -0.1) is 17.8 Å². The highest BCUT2D eigenvalue weighted by Gasteiger charge is 2.54. The van der Waals surface area contributed by atoms with E-state index in [0.29, 0.717) is 11.8 Å². The molecule has 0 bridgehead atoms. The van der Waals surface area contributed by atoms with Crippen molar-refractivity contribution in [1.29, 1.82) is 0 Å². The van der Waals surface area contributed by atoms with Crippen molar-refractivity contribution < 1.29 is 4.74 Å². The molecule has 1 aromatic carbocycles. The van der Waals surface area contributed by atoms with Crippen LogP contribution < -0.4 is 4.74 Å². The van der Waals surface area contributed by atoms with E-state index in [1.54, 1.807) is 12.7 Å². The summed E-state index contributed by atoms with van der Waals surface area (Å²) in [6.07, 6.45) is 12.0. The first-order valence-corrected chi connectivity index (χ1v) is 10.9. The van der Waals surface area contributed by atoms with Gasteiger partial charge in [0.05, 0.1) is 7.11 Å². The maximum Gasteiger partial charge on any atom is 0.119 e. The van der Waals surface area contributed by atoms with Gasteiger partial charge in [0, 0.05) is 10.5 Å². The van der Waals surface area contributed by atoms with Crippen molar-refractivity contribution in [3.05, 3.63) is 57.3 Å². The van der Waals surface area contributed by atoms with Gasteiger partial charge < -0.3 is 4.74 Å². The fourth-order valence-corrected chi connectivity index (χ4v) is 7.28. The molecule has 0 N–H and O–H groups in total. The molecule has 138 valence electrons. The smallest absolute Gasteiger partial charge is 0.119 e. The summed E-state index contributed by atoms with van der Waals surface area (Å²) in [5, 5.41) is 2.18. The molecule has 1 nitrogen and oxygen atoms in total. The fourth-order valence-electron chi connectivity index (χ4n) is 6.34. The van der Waals surface area contributed by atoms with Gasteiger partial charge in [-0.3, -0.25) is 0 Å². The third kappa shape index (κ3) is 2.44. The van der Waals surface area contributed by atoms with Crippen molar-refractivity contribution in [2.24, 2.45) is 17.3 Å². The van der Waals surface area contributed by atoms with Crippen molar-refractivity contribution in [3.63, 3.8) is 0 Å². The van der Waals surface area contributed by atoms with Gasteiger partial charge in [-0.05, 0) is 95.6 Å². The number of aryl methyl sites for hydroxylation is 1. The van der Waals surface area contributed by atoms with E-state index in [9.17, 15) is 0 Å². The first kappa shape index (κ1) is 17.1. The van der Waals surface area contributed by atoms with Crippen LogP contribution in [0.5, 0.6) is 5.75 Å². The molecule has 3 aliphatic rings. The Balaban J connectivity index is 1.53. The number of allylic oxidation sites excluding steroid dienone is 2. The number of methoxy groups -OCH3 is 1. The number of hydrogen-bond donors (Lipinski definition) is 0. The minimum Gasteiger partial charge on any atom is -0.497 e. The van der Waals surface area contributed by atoms with Crippen LogP contribution in [0, 0.1) is 29.6 Å². The Morgan fingerprint density at radius 3 is 2.89 bits per heavy atom. The molecule has 1 heterocycles. The summed E-state index contributed by atoms with van der Waals surface area (Å²) in [6.45, 7) is 2.50. The minimum absolute atomic E-state index is 0.234. The van der Waals surface area contributed by atoms with E-state index in [0.717, 1.165) is 18.1 Å². The molecule has 1 saturated carbocycles. The van der Waals surface area contributed by atoms with Gasteiger partial charge in [0.2, 0.25) is 0 Å². The first-order valence-electron chi connectivity index (χ1n) is 10.1. The predicted octanol–water partition coefficient (Wildman–Crippen LogP) is 6.31. The Morgan fingerprint density at radius 2 is 2.15 bits per heavy atom. The lowest BCUT2D eigenvalue weighted by Gasteiger charge is -2.50. The molecular weight excluding hydrogens is 348 g/mol. The van der Waals surface area contributed by atoms with Gasteiger partial charge >= 0.3 is 0 Å². The van der Waals surface area contributed by atoms with Crippen molar-refractivity contribution in [3.8, 4) is 18.1 Å². The van der Waals surface area contributed by atoms with E-state index in [1.165, 1.54) is 47.3 Å². The van der Waals surface area contributed by atoms with Crippen molar-refractivity contribution in [1.82, 2.24) is 0 Å². The molecule has 3 aliphatic carbocycles. The molecule has 0 unspecified atom stereocenters. The number of benzene rings is 1. The van der Waals surface area contributed by atoms with Crippen molar-refractivity contribution in [2.75, 3.05) is 7.11 Å². The van der Waals surface area contributed by atoms with Crippen LogP contribution in [0.3, 0.4) is 0 Å².